The maximum atomic E-state index is 11.2. The molecule has 1 aromatic carbocycles. The van der Waals surface area contributed by atoms with Gasteiger partial charge in [-0.3, -0.25) is 4.79 Å². The van der Waals surface area contributed by atoms with Crippen molar-refractivity contribution >= 4 is 17.3 Å². The number of amides is 1. The molecule has 0 radical (unpaired) electrons. The molecule has 1 amide bonds. The van der Waals surface area contributed by atoms with Gasteiger partial charge in [0.05, 0.1) is 5.56 Å². The molecule has 4 nitrogen and oxygen atoms in total. The molecule has 1 aromatic rings. The number of primary amides is 1. The predicted octanol–water partition coefficient (Wildman–Crippen LogP) is 1.75. The van der Waals surface area contributed by atoms with Crippen molar-refractivity contribution in [1.29, 1.82) is 0 Å². The number of anilines is 2. The summed E-state index contributed by atoms with van der Waals surface area (Å²) in [5, 5.41) is 3.11. The summed E-state index contributed by atoms with van der Waals surface area (Å²) in [7, 11) is 0. The van der Waals surface area contributed by atoms with Crippen LogP contribution in [0, 0.1) is 0 Å². The van der Waals surface area contributed by atoms with Gasteiger partial charge < -0.3 is 16.8 Å². The Kier molecular flexibility index (Phi) is 3.94. The summed E-state index contributed by atoms with van der Waals surface area (Å²) in [6, 6.07) is 4.99. The predicted molar refractivity (Wildman–Crippen MR) is 67.3 cm³/mol. The molecule has 0 bridgehead atoms. The number of nitrogens with one attached hydrogen (secondary N) is 1. The van der Waals surface area contributed by atoms with E-state index in [1.807, 2.05) is 19.9 Å². The average molecular weight is 219 g/mol. The van der Waals surface area contributed by atoms with Gasteiger partial charge in [0.15, 0.2) is 0 Å². The van der Waals surface area contributed by atoms with Gasteiger partial charge in [-0.05, 0) is 32.0 Å². The first-order chi connectivity index (χ1) is 7.50. The zero-order chi connectivity index (χ0) is 12.1. The molecule has 0 saturated carbocycles. The van der Waals surface area contributed by atoms with E-state index in [0.29, 0.717) is 23.5 Å². The van der Waals surface area contributed by atoms with E-state index in [9.17, 15) is 4.79 Å². The zero-order valence-corrected chi connectivity index (χ0v) is 9.58. The third-order valence-electron chi connectivity index (χ3n) is 2.11. The van der Waals surface area contributed by atoms with Crippen LogP contribution in [0.25, 0.3) is 0 Å². The molecule has 5 N–H and O–H groups in total. The van der Waals surface area contributed by atoms with Crippen LogP contribution in [0.15, 0.2) is 29.8 Å². The minimum atomic E-state index is -0.459. The number of rotatable bonds is 4. The molecule has 1 rings (SSSR count). The number of benzene rings is 1. The number of hydrogen-bond acceptors (Lipinski definition) is 3. The van der Waals surface area contributed by atoms with Gasteiger partial charge >= 0.3 is 0 Å². The molecule has 86 valence electrons. The second-order valence-electron chi connectivity index (χ2n) is 3.83. The Morgan fingerprint density at radius 2 is 2.12 bits per heavy atom. The Balaban J connectivity index is 2.88. The normalized spacial score (nSPS) is 9.62. The van der Waals surface area contributed by atoms with E-state index in [1.165, 1.54) is 5.57 Å². The summed E-state index contributed by atoms with van der Waals surface area (Å²) in [6.45, 7) is 4.66. The van der Waals surface area contributed by atoms with Crippen molar-refractivity contribution in [2.24, 2.45) is 5.73 Å². The van der Waals surface area contributed by atoms with Gasteiger partial charge in [0.2, 0.25) is 0 Å². The van der Waals surface area contributed by atoms with E-state index in [4.69, 9.17) is 11.5 Å². The molecule has 0 spiro atoms. The summed E-state index contributed by atoms with van der Waals surface area (Å²) in [4.78, 5) is 11.2. The number of carbonyl (C=O) groups excluding carboxylic acids is 1. The van der Waals surface area contributed by atoms with Gasteiger partial charge in [0.25, 0.3) is 5.91 Å². The van der Waals surface area contributed by atoms with Crippen molar-refractivity contribution in [3.05, 3.63) is 35.4 Å². The fraction of sp³-hybridized carbons (Fsp3) is 0.250. The first kappa shape index (κ1) is 12.1. The minimum Gasteiger partial charge on any atom is -0.399 e. The molecule has 0 aliphatic carbocycles. The van der Waals surface area contributed by atoms with Crippen LogP contribution in [-0.4, -0.2) is 12.5 Å². The lowest BCUT2D eigenvalue weighted by molar-refractivity contribution is 0.100. The lowest BCUT2D eigenvalue weighted by atomic mass is 10.1. The van der Waals surface area contributed by atoms with Gasteiger partial charge in [-0.2, -0.15) is 0 Å². The highest BCUT2D eigenvalue weighted by molar-refractivity contribution is 5.99. The number of carbonyl (C=O) groups is 1. The first-order valence-electron chi connectivity index (χ1n) is 5.07. The maximum absolute atomic E-state index is 11.2. The van der Waals surface area contributed by atoms with Crippen LogP contribution in [0.3, 0.4) is 0 Å². The largest absolute Gasteiger partial charge is 0.399 e. The van der Waals surface area contributed by atoms with E-state index in [0.717, 1.165) is 0 Å². The standard InChI is InChI=1S/C12H17N3O/c1-8(2)5-6-15-11-7-9(13)3-4-10(11)12(14)16/h3-5,7,15H,6,13H2,1-2H3,(H2,14,16). The Morgan fingerprint density at radius 3 is 2.69 bits per heavy atom. The van der Waals surface area contributed by atoms with E-state index in [-0.39, 0.29) is 0 Å². The minimum absolute atomic E-state index is 0.455. The lowest BCUT2D eigenvalue weighted by Gasteiger charge is -2.09. The van der Waals surface area contributed by atoms with Gasteiger partial charge in [0.1, 0.15) is 0 Å². The highest BCUT2D eigenvalue weighted by atomic mass is 16.1. The lowest BCUT2D eigenvalue weighted by Crippen LogP contribution is -2.14. The van der Waals surface area contributed by atoms with Crippen molar-refractivity contribution in [2.45, 2.75) is 13.8 Å². The third-order valence-corrected chi connectivity index (χ3v) is 2.11. The summed E-state index contributed by atoms with van der Waals surface area (Å²) in [6.07, 6.45) is 2.02. The highest BCUT2D eigenvalue weighted by Gasteiger charge is 2.07. The Labute approximate surface area is 95.3 Å². The van der Waals surface area contributed by atoms with Crippen molar-refractivity contribution < 1.29 is 4.79 Å². The molecule has 0 aliphatic rings. The van der Waals surface area contributed by atoms with Crippen molar-refractivity contribution in [1.82, 2.24) is 0 Å². The summed E-state index contributed by atoms with van der Waals surface area (Å²) >= 11 is 0. The van der Waals surface area contributed by atoms with E-state index in [1.54, 1.807) is 18.2 Å². The van der Waals surface area contributed by atoms with Crippen LogP contribution in [0.2, 0.25) is 0 Å². The molecular weight excluding hydrogens is 202 g/mol. The van der Waals surface area contributed by atoms with Gasteiger partial charge in [-0.1, -0.05) is 11.6 Å². The Bertz CT molecular complexity index is 420. The summed E-state index contributed by atoms with van der Waals surface area (Å²) in [5.41, 5.74) is 13.8. The van der Waals surface area contributed by atoms with Crippen LogP contribution >= 0.6 is 0 Å². The van der Waals surface area contributed by atoms with E-state index < -0.39 is 5.91 Å². The van der Waals surface area contributed by atoms with Crippen LogP contribution in [0.5, 0.6) is 0 Å². The topological polar surface area (TPSA) is 81.1 Å². The van der Waals surface area contributed by atoms with Gasteiger partial charge in [-0.25, -0.2) is 0 Å². The van der Waals surface area contributed by atoms with Crippen LogP contribution in [0.4, 0.5) is 11.4 Å². The van der Waals surface area contributed by atoms with Crippen molar-refractivity contribution in [3.8, 4) is 0 Å². The monoisotopic (exact) mass is 219 g/mol. The molecule has 0 atom stereocenters. The van der Waals surface area contributed by atoms with Crippen molar-refractivity contribution in [3.63, 3.8) is 0 Å². The second-order valence-corrected chi connectivity index (χ2v) is 3.83. The fourth-order valence-electron chi connectivity index (χ4n) is 1.29. The number of nitrogens with two attached hydrogens (primary N) is 2. The Morgan fingerprint density at radius 1 is 1.44 bits per heavy atom. The second kappa shape index (κ2) is 5.21. The smallest absolute Gasteiger partial charge is 0.250 e. The molecule has 0 saturated heterocycles. The average Bonchev–Trinajstić information content (AvgIpc) is 2.16. The zero-order valence-electron chi connectivity index (χ0n) is 9.58. The first-order valence-corrected chi connectivity index (χ1v) is 5.07. The van der Waals surface area contributed by atoms with Crippen LogP contribution in [-0.2, 0) is 0 Å². The molecule has 0 aliphatic heterocycles. The van der Waals surface area contributed by atoms with Crippen molar-refractivity contribution in [2.75, 3.05) is 17.6 Å². The molecular formula is C12H17N3O. The fourth-order valence-corrected chi connectivity index (χ4v) is 1.29. The summed E-state index contributed by atoms with van der Waals surface area (Å²) in [5.74, 6) is -0.459. The quantitative estimate of drug-likeness (QED) is 0.533. The van der Waals surface area contributed by atoms with Gasteiger partial charge in [-0.15, -0.1) is 0 Å². The Hall–Kier alpha value is -1.97. The molecule has 16 heavy (non-hydrogen) atoms. The van der Waals surface area contributed by atoms with Crippen LogP contribution < -0.4 is 16.8 Å². The SMILES string of the molecule is CC(C)=CCNc1cc(N)ccc1C(N)=O. The van der Waals surface area contributed by atoms with Gasteiger partial charge in [0, 0.05) is 17.9 Å². The number of nitrogen functional groups attached to an aromatic ring is 1. The maximum Gasteiger partial charge on any atom is 0.250 e. The van der Waals surface area contributed by atoms with E-state index >= 15 is 0 Å². The van der Waals surface area contributed by atoms with E-state index in [2.05, 4.69) is 5.32 Å². The highest BCUT2D eigenvalue weighted by Crippen LogP contribution is 2.18. The third kappa shape index (κ3) is 3.31. The molecule has 0 heterocycles. The summed E-state index contributed by atoms with van der Waals surface area (Å²) < 4.78 is 0. The van der Waals surface area contributed by atoms with Crippen LogP contribution in [0.1, 0.15) is 24.2 Å². The number of allylic oxidation sites excluding steroid dienone is 1. The molecule has 4 heteroatoms. The molecule has 0 fully saturated rings. The molecule has 0 aromatic heterocycles. The number of hydrogen-bond donors (Lipinski definition) is 3. The molecule has 0 unspecified atom stereocenters.